The SMILES string of the molecule is CCNc1nnc(C(=O)NCC(C2CC2)C2CC2)s1. The van der Waals surface area contributed by atoms with Crippen molar-refractivity contribution in [1.82, 2.24) is 15.5 Å². The Bertz CT molecular complexity index is 441. The molecule has 3 rings (SSSR count). The summed E-state index contributed by atoms with van der Waals surface area (Å²) in [5.74, 6) is 2.34. The molecule has 0 saturated heterocycles. The van der Waals surface area contributed by atoms with Gasteiger partial charge in [-0.25, -0.2) is 0 Å². The van der Waals surface area contributed by atoms with Crippen molar-refractivity contribution in [3.8, 4) is 0 Å². The molecule has 2 fully saturated rings. The zero-order chi connectivity index (χ0) is 13.2. The fourth-order valence-electron chi connectivity index (χ4n) is 2.59. The first-order valence-corrected chi connectivity index (χ1v) is 7.95. The van der Waals surface area contributed by atoms with Crippen LogP contribution < -0.4 is 10.6 Å². The summed E-state index contributed by atoms with van der Waals surface area (Å²) in [5, 5.41) is 15.2. The van der Waals surface area contributed by atoms with Crippen LogP contribution in [0.2, 0.25) is 0 Å². The minimum absolute atomic E-state index is 0.0760. The fraction of sp³-hybridized carbons (Fsp3) is 0.769. The molecule has 1 amide bonds. The summed E-state index contributed by atoms with van der Waals surface area (Å²) in [5.41, 5.74) is 0. The molecule has 1 aromatic rings. The van der Waals surface area contributed by atoms with Gasteiger partial charge in [0.15, 0.2) is 0 Å². The predicted octanol–water partition coefficient (Wildman–Crippen LogP) is 2.14. The second kappa shape index (κ2) is 5.45. The van der Waals surface area contributed by atoms with Gasteiger partial charge in [0, 0.05) is 13.1 Å². The maximum absolute atomic E-state index is 12.0. The van der Waals surface area contributed by atoms with Gasteiger partial charge in [-0.05, 0) is 50.4 Å². The van der Waals surface area contributed by atoms with E-state index in [2.05, 4.69) is 20.8 Å². The van der Waals surface area contributed by atoms with Crippen LogP contribution in [0, 0.1) is 17.8 Å². The Labute approximate surface area is 117 Å². The highest BCUT2D eigenvalue weighted by Crippen LogP contribution is 2.48. The Kier molecular flexibility index (Phi) is 3.68. The topological polar surface area (TPSA) is 66.9 Å². The van der Waals surface area contributed by atoms with E-state index in [-0.39, 0.29) is 5.91 Å². The average Bonchev–Trinajstić information content (AvgIpc) is 3.31. The number of carbonyl (C=O) groups excluding carboxylic acids is 1. The van der Waals surface area contributed by atoms with Gasteiger partial charge in [-0.3, -0.25) is 4.79 Å². The van der Waals surface area contributed by atoms with E-state index < -0.39 is 0 Å². The minimum Gasteiger partial charge on any atom is -0.360 e. The van der Waals surface area contributed by atoms with E-state index in [4.69, 9.17) is 0 Å². The predicted molar refractivity (Wildman–Crippen MR) is 75.3 cm³/mol. The van der Waals surface area contributed by atoms with Gasteiger partial charge in [-0.2, -0.15) is 0 Å². The first kappa shape index (κ1) is 12.8. The molecule has 0 aliphatic heterocycles. The molecule has 0 aromatic carbocycles. The van der Waals surface area contributed by atoms with Gasteiger partial charge in [0.1, 0.15) is 0 Å². The molecule has 19 heavy (non-hydrogen) atoms. The summed E-state index contributed by atoms with van der Waals surface area (Å²) >= 11 is 1.32. The summed E-state index contributed by atoms with van der Waals surface area (Å²) < 4.78 is 0. The van der Waals surface area contributed by atoms with Crippen LogP contribution in [-0.4, -0.2) is 29.2 Å². The van der Waals surface area contributed by atoms with Crippen molar-refractivity contribution in [3.05, 3.63) is 5.01 Å². The molecule has 1 heterocycles. The van der Waals surface area contributed by atoms with Gasteiger partial charge in [0.25, 0.3) is 5.91 Å². The van der Waals surface area contributed by atoms with Gasteiger partial charge in [0.05, 0.1) is 0 Å². The highest BCUT2D eigenvalue weighted by atomic mass is 32.1. The van der Waals surface area contributed by atoms with E-state index in [9.17, 15) is 4.79 Å². The van der Waals surface area contributed by atoms with Gasteiger partial charge < -0.3 is 10.6 Å². The van der Waals surface area contributed by atoms with Crippen molar-refractivity contribution in [3.63, 3.8) is 0 Å². The van der Waals surface area contributed by atoms with Crippen LogP contribution in [0.25, 0.3) is 0 Å². The van der Waals surface area contributed by atoms with Crippen molar-refractivity contribution in [2.45, 2.75) is 32.6 Å². The number of aromatic nitrogens is 2. The number of nitrogens with zero attached hydrogens (tertiary/aromatic N) is 2. The monoisotopic (exact) mass is 280 g/mol. The summed E-state index contributed by atoms with van der Waals surface area (Å²) in [7, 11) is 0. The third-order valence-electron chi connectivity index (χ3n) is 3.90. The van der Waals surface area contributed by atoms with Crippen LogP contribution in [0.3, 0.4) is 0 Å². The van der Waals surface area contributed by atoms with E-state index >= 15 is 0 Å². The van der Waals surface area contributed by atoms with Crippen molar-refractivity contribution >= 4 is 22.4 Å². The molecule has 5 nitrogen and oxygen atoms in total. The number of rotatable bonds is 7. The molecule has 0 unspecified atom stereocenters. The Morgan fingerprint density at radius 3 is 2.58 bits per heavy atom. The third kappa shape index (κ3) is 3.23. The van der Waals surface area contributed by atoms with Gasteiger partial charge in [-0.15, -0.1) is 10.2 Å². The lowest BCUT2D eigenvalue weighted by Crippen LogP contribution is -2.31. The fourth-order valence-corrected chi connectivity index (χ4v) is 3.32. The highest BCUT2D eigenvalue weighted by molar-refractivity contribution is 7.17. The van der Waals surface area contributed by atoms with E-state index in [1.165, 1.54) is 37.0 Å². The summed E-state index contributed by atoms with van der Waals surface area (Å²) in [6.45, 7) is 3.60. The molecular formula is C13H20N4OS. The number of nitrogens with one attached hydrogen (secondary N) is 2. The zero-order valence-electron chi connectivity index (χ0n) is 11.2. The zero-order valence-corrected chi connectivity index (χ0v) is 12.0. The van der Waals surface area contributed by atoms with Crippen molar-refractivity contribution in [2.24, 2.45) is 17.8 Å². The standard InChI is InChI=1S/C13H20N4OS/c1-2-14-13-17-16-12(19-13)11(18)15-7-10(8-3-4-8)9-5-6-9/h8-10H,2-7H2,1H3,(H,14,17)(H,15,18). The Balaban J connectivity index is 1.51. The van der Waals surface area contributed by atoms with E-state index in [1.54, 1.807) is 0 Å². The Morgan fingerprint density at radius 2 is 2.00 bits per heavy atom. The smallest absolute Gasteiger partial charge is 0.282 e. The van der Waals surface area contributed by atoms with E-state index in [1.807, 2.05) is 6.92 Å². The maximum atomic E-state index is 12.0. The van der Waals surface area contributed by atoms with Crippen LogP contribution in [-0.2, 0) is 0 Å². The summed E-state index contributed by atoms with van der Waals surface area (Å²) in [6.07, 6.45) is 5.39. The second-order valence-electron chi connectivity index (χ2n) is 5.49. The molecule has 2 saturated carbocycles. The molecule has 0 spiro atoms. The van der Waals surface area contributed by atoms with E-state index in [0.29, 0.717) is 16.1 Å². The molecule has 0 radical (unpaired) electrons. The number of carbonyl (C=O) groups is 1. The lowest BCUT2D eigenvalue weighted by molar-refractivity contribution is 0.0942. The van der Waals surface area contributed by atoms with Crippen molar-refractivity contribution in [1.29, 1.82) is 0 Å². The van der Waals surface area contributed by atoms with Gasteiger partial charge in [0.2, 0.25) is 10.1 Å². The number of hydrogen-bond donors (Lipinski definition) is 2. The highest BCUT2D eigenvalue weighted by Gasteiger charge is 2.41. The van der Waals surface area contributed by atoms with Gasteiger partial charge in [-0.1, -0.05) is 11.3 Å². The molecule has 2 N–H and O–H groups in total. The van der Waals surface area contributed by atoms with Gasteiger partial charge >= 0.3 is 0 Å². The third-order valence-corrected chi connectivity index (χ3v) is 4.78. The molecule has 2 aliphatic carbocycles. The molecule has 1 aromatic heterocycles. The lowest BCUT2D eigenvalue weighted by Gasteiger charge is -2.15. The molecule has 6 heteroatoms. The summed E-state index contributed by atoms with van der Waals surface area (Å²) in [4.78, 5) is 12.0. The minimum atomic E-state index is -0.0760. The van der Waals surface area contributed by atoms with Crippen molar-refractivity contribution in [2.75, 3.05) is 18.4 Å². The first-order valence-electron chi connectivity index (χ1n) is 7.13. The Morgan fingerprint density at radius 1 is 1.32 bits per heavy atom. The molecule has 0 atom stereocenters. The quantitative estimate of drug-likeness (QED) is 0.803. The number of amides is 1. The van der Waals surface area contributed by atoms with Crippen molar-refractivity contribution < 1.29 is 4.79 Å². The normalized spacial score (nSPS) is 18.6. The maximum Gasteiger partial charge on any atom is 0.282 e. The van der Waals surface area contributed by atoms with Crippen LogP contribution >= 0.6 is 11.3 Å². The van der Waals surface area contributed by atoms with Crippen LogP contribution in [0.5, 0.6) is 0 Å². The van der Waals surface area contributed by atoms with E-state index in [0.717, 1.165) is 24.9 Å². The van der Waals surface area contributed by atoms with Crippen LogP contribution in [0.4, 0.5) is 5.13 Å². The summed E-state index contributed by atoms with van der Waals surface area (Å²) in [6, 6.07) is 0. The number of anilines is 1. The second-order valence-corrected chi connectivity index (χ2v) is 6.47. The molecule has 2 aliphatic rings. The first-order chi connectivity index (χ1) is 9.28. The average molecular weight is 280 g/mol. The Hall–Kier alpha value is -1.17. The largest absolute Gasteiger partial charge is 0.360 e. The molecule has 0 bridgehead atoms. The lowest BCUT2D eigenvalue weighted by atomic mass is 9.98. The van der Waals surface area contributed by atoms with Crippen LogP contribution in [0.1, 0.15) is 42.4 Å². The van der Waals surface area contributed by atoms with Crippen LogP contribution in [0.15, 0.2) is 0 Å². The molecular weight excluding hydrogens is 260 g/mol. The molecule has 104 valence electrons. The number of hydrogen-bond acceptors (Lipinski definition) is 5.